The lowest BCUT2D eigenvalue weighted by molar-refractivity contribution is 0.0853. The average molecular weight is 289 g/mol. The molecule has 106 valence electrons. The number of hydrogen-bond acceptors (Lipinski definition) is 4. The van der Waals surface area contributed by atoms with E-state index in [1.54, 1.807) is 6.20 Å². The largest absolute Gasteiger partial charge is 1.00 e. The molecule has 0 bridgehead atoms. The summed E-state index contributed by atoms with van der Waals surface area (Å²) in [5, 5.41) is 1.05. The summed E-state index contributed by atoms with van der Waals surface area (Å²) in [6.45, 7) is 7.92. The van der Waals surface area contributed by atoms with E-state index in [1.165, 1.54) is 0 Å². The molecule has 0 spiro atoms. The summed E-state index contributed by atoms with van der Waals surface area (Å²) in [6.07, 6.45) is 1.92. The summed E-state index contributed by atoms with van der Waals surface area (Å²) in [5.74, 6) is 0.723. The van der Waals surface area contributed by atoms with E-state index in [1.807, 2.05) is 58.0 Å². The van der Waals surface area contributed by atoms with Crippen molar-refractivity contribution in [2.75, 3.05) is 0 Å². The van der Waals surface area contributed by atoms with Crippen molar-refractivity contribution in [1.29, 1.82) is 0 Å². The highest BCUT2D eigenvalue weighted by Gasteiger charge is 2.37. The molecule has 20 heavy (non-hydrogen) atoms. The van der Waals surface area contributed by atoms with E-state index >= 15 is 0 Å². The highest BCUT2D eigenvalue weighted by atomic mass is 27.3. The van der Waals surface area contributed by atoms with Crippen LogP contribution < -0.4 is 3.79 Å². The van der Waals surface area contributed by atoms with Gasteiger partial charge in [0.05, 0.1) is 0 Å². The monoisotopic (exact) mass is 289 g/mol. The minimum atomic E-state index is -2.22. The van der Waals surface area contributed by atoms with E-state index < -0.39 is 15.1 Å². The Kier molecular flexibility index (Phi) is 5.39. The highest BCUT2D eigenvalue weighted by molar-refractivity contribution is 6.37. The predicted octanol–water partition coefficient (Wildman–Crippen LogP) is 3.45. The molecular weight excluding hydrogens is 269 g/mol. The van der Waals surface area contributed by atoms with Crippen LogP contribution in [0.25, 0.3) is 10.9 Å². The molecule has 0 aliphatic rings. The van der Waals surface area contributed by atoms with Gasteiger partial charge in [0.2, 0.25) is 0 Å². The fourth-order valence-electron chi connectivity index (χ4n) is 1.81. The lowest BCUT2D eigenvalue weighted by Gasteiger charge is -2.19. The van der Waals surface area contributed by atoms with Crippen molar-refractivity contribution in [1.82, 2.24) is 4.98 Å². The van der Waals surface area contributed by atoms with Gasteiger partial charge in [0, 0.05) is 23.8 Å². The third-order valence-electron chi connectivity index (χ3n) is 2.59. The van der Waals surface area contributed by atoms with Crippen molar-refractivity contribution in [3.63, 3.8) is 0 Å². The second-order valence-electron chi connectivity index (χ2n) is 5.11. The number of pyridine rings is 1. The first-order valence-electron chi connectivity index (χ1n) is 6.87. The number of para-hydroxylation sites is 1. The molecule has 2 rings (SSSR count). The first-order chi connectivity index (χ1) is 9.56. The van der Waals surface area contributed by atoms with Gasteiger partial charge in [0.15, 0.2) is 0 Å². The van der Waals surface area contributed by atoms with Crippen molar-refractivity contribution < 1.29 is 11.4 Å². The van der Waals surface area contributed by atoms with Gasteiger partial charge < -0.3 is 11.4 Å². The van der Waals surface area contributed by atoms with Crippen LogP contribution in [-0.2, 0) is 7.58 Å². The lowest BCUT2D eigenvalue weighted by Crippen LogP contribution is -2.35. The van der Waals surface area contributed by atoms with Gasteiger partial charge in [-0.05, 0) is 39.8 Å². The average Bonchev–Trinajstić information content (AvgIpc) is 2.37. The molecule has 0 saturated carbocycles. The van der Waals surface area contributed by atoms with Crippen molar-refractivity contribution in [3.8, 4) is 5.75 Å². The van der Waals surface area contributed by atoms with Crippen LogP contribution in [0.2, 0.25) is 0 Å². The van der Waals surface area contributed by atoms with Crippen molar-refractivity contribution in [2.45, 2.75) is 39.9 Å². The van der Waals surface area contributed by atoms with Gasteiger partial charge in [-0.15, -0.1) is 0 Å². The Bertz CT molecular complexity index is 544. The third kappa shape index (κ3) is 4.19. The quantitative estimate of drug-likeness (QED) is 0.764. The van der Waals surface area contributed by atoms with Crippen LogP contribution in [0.1, 0.15) is 27.7 Å². The standard InChI is InChI=1S/C9H7NO.2C3H7O.Al/c11-8-5-1-3-7-4-2-6-10-9(7)8;2*1-3(2)4;/h1-6,11H;2*3H,1-2H3;/q;2*-1;+3/p-1. The summed E-state index contributed by atoms with van der Waals surface area (Å²) in [7, 11) is 0. The molecule has 0 aliphatic heterocycles. The predicted molar refractivity (Wildman–Crippen MR) is 80.6 cm³/mol. The fourth-order valence-corrected chi connectivity index (χ4v) is 3.27. The number of rotatable bonds is 6. The van der Waals surface area contributed by atoms with Crippen LogP contribution in [0.3, 0.4) is 0 Å². The molecular formula is C15H20AlNO3. The van der Waals surface area contributed by atoms with Crippen molar-refractivity contribution >= 4 is 26.1 Å². The first-order valence-corrected chi connectivity index (χ1v) is 8.29. The topological polar surface area (TPSA) is 40.6 Å². The molecule has 0 amide bonds. The van der Waals surface area contributed by atoms with Crippen LogP contribution in [0.5, 0.6) is 5.75 Å². The SMILES string of the molecule is CC(C)[O][Al]([O]c1cccc2cccnc12)[O]C(C)C. The van der Waals surface area contributed by atoms with Crippen LogP contribution in [0.15, 0.2) is 36.5 Å². The Morgan fingerprint density at radius 1 is 0.950 bits per heavy atom. The number of nitrogens with zero attached hydrogens (tertiary/aromatic N) is 1. The highest BCUT2D eigenvalue weighted by Crippen LogP contribution is 2.24. The zero-order valence-corrected chi connectivity index (χ0v) is 13.5. The Hall–Kier alpha value is -1.12. The zero-order valence-electron chi connectivity index (χ0n) is 12.4. The smallest absolute Gasteiger partial charge is 0.597 e. The molecule has 0 aliphatic carbocycles. The van der Waals surface area contributed by atoms with Gasteiger partial charge in [-0.2, -0.15) is 0 Å². The van der Waals surface area contributed by atoms with E-state index in [0.29, 0.717) is 0 Å². The summed E-state index contributed by atoms with van der Waals surface area (Å²) >= 11 is -2.22. The minimum absolute atomic E-state index is 0.0772. The molecule has 1 heterocycles. The molecule has 0 saturated heterocycles. The van der Waals surface area contributed by atoms with E-state index in [0.717, 1.165) is 16.7 Å². The molecule has 0 radical (unpaired) electrons. The second kappa shape index (κ2) is 7.05. The zero-order chi connectivity index (χ0) is 14.5. The Labute approximate surface area is 125 Å². The number of aromatic nitrogens is 1. The van der Waals surface area contributed by atoms with Crippen molar-refractivity contribution in [3.05, 3.63) is 36.5 Å². The molecule has 1 aromatic carbocycles. The van der Waals surface area contributed by atoms with Gasteiger partial charge in [0.1, 0.15) is 11.3 Å². The molecule has 4 nitrogen and oxygen atoms in total. The van der Waals surface area contributed by atoms with Gasteiger partial charge in [0.25, 0.3) is 0 Å². The lowest BCUT2D eigenvalue weighted by atomic mass is 10.2. The van der Waals surface area contributed by atoms with Gasteiger partial charge in [-0.3, -0.25) is 4.98 Å². The normalized spacial score (nSPS) is 11.3. The summed E-state index contributed by atoms with van der Waals surface area (Å²) < 4.78 is 17.5. The maximum atomic E-state index is 5.98. The van der Waals surface area contributed by atoms with Crippen molar-refractivity contribution in [2.24, 2.45) is 0 Å². The number of benzene rings is 1. The molecule has 2 aromatic rings. The van der Waals surface area contributed by atoms with Crippen LogP contribution in [0.4, 0.5) is 0 Å². The molecule has 0 unspecified atom stereocenters. The third-order valence-corrected chi connectivity index (χ3v) is 4.56. The Balaban J connectivity index is 2.23. The summed E-state index contributed by atoms with van der Waals surface area (Å²) in [5.41, 5.74) is 0.840. The maximum Gasteiger partial charge on any atom is 1.00 e. The number of fused-ring (bicyclic) bond motifs is 1. The van der Waals surface area contributed by atoms with E-state index in [9.17, 15) is 0 Å². The molecule has 5 heteroatoms. The van der Waals surface area contributed by atoms with Crippen LogP contribution in [-0.4, -0.2) is 32.3 Å². The van der Waals surface area contributed by atoms with Gasteiger partial charge in [-0.1, -0.05) is 18.2 Å². The minimum Gasteiger partial charge on any atom is -0.597 e. The Morgan fingerprint density at radius 3 is 2.25 bits per heavy atom. The van der Waals surface area contributed by atoms with Gasteiger partial charge in [-0.25, -0.2) is 0 Å². The van der Waals surface area contributed by atoms with Crippen LogP contribution in [0, 0.1) is 0 Å². The van der Waals surface area contributed by atoms with E-state index in [4.69, 9.17) is 11.4 Å². The first kappa shape index (κ1) is 15.3. The molecule has 0 fully saturated rings. The summed E-state index contributed by atoms with van der Waals surface area (Å²) in [6, 6.07) is 9.80. The van der Waals surface area contributed by atoms with Gasteiger partial charge >= 0.3 is 15.1 Å². The second-order valence-corrected chi connectivity index (χ2v) is 6.46. The molecule has 0 atom stereocenters. The molecule has 0 N–H and O–H groups in total. The Morgan fingerprint density at radius 2 is 1.60 bits per heavy atom. The number of hydrogen-bond donors (Lipinski definition) is 0. The van der Waals surface area contributed by atoms with E-state index in [2.05, 4.69) is 4.98 Å². The maximum absolute atomic E-state index is 5.98. The van der Waals surface area contributed by atoms with E-state index in [-0.39, 0.29) is 12.2 Å². The summed E-state index contributed by atoms with van der Waals surface area (Å²) in [4.78, 5) is 4.38. The molecule has 1 aromatic heterocycles. The fraction of sp³-hybridized carbons (Fsp3) is 0.400. The van der Waals surface area contributed by atoms with Crippen LogP contribution >= 0.6 is 0 Å².